The molecule has 0 fully saturated rings. The molecule has 0 aliphatic heterocycles. The van der Waals surface area contributed by atoms with Crippen molar-refractivity contribution in [3.63, 3.8) is 0 Å². The number of esters is 2. The molecule has 0 saturated carbocycles. The number of ether oxygens (including phenoxy) is 2. The molecule has 10 heteroatoms. The maximum Gasteiger partial charge on any atom is 0.337 e. The first-order chi connectivity index (χ1) is 16.6. The lowest BCUT2D eigenvalue weighted by Gasteiger charge is -2.14. The molecule has 35 heavy (non-hydrogen) atoms. The van der Waals surface area contributed by atoms with Crippen molar-refractivity contribution in [2.24, 2.45) is 0 Å². The molecule has 0 unspecified atom stereocenters. The fraction of sp³-hybridized carbons (Fsp3) is 0.160. The number of para-hydroxylation sites is 1. The van der Waals surface area contributed by atoms with Crippen molar-refractivity contribution in [3.8, 4) is 0 Å². The molecule has 0 aliphatic carbocycles. The third-order valence-corrected chi connectivity index (χ3v) is 6.67. The molecule has 0 spiro atoms. The van der Waals surface area contributed by atoms with Crippen molar-refractivity contribution >= 4 is 39.2 Å². The normalized spacial score (nSPS) is 10.9. The largest absolute Gasteiger partial charge is 0.465 e. The molecule has 9 nitrogen and oxygen atoms in total. The number of carbonyl (C=O) groups excluding carboxylic acids is 3. The smallest absolute Gasteiger partial charge is 0.337 e. The Bertz CT molecular complexity index is 1380. The predicted octanol–water partition coefficient (Wildman–Crippen LogP) is 3.93. The first-order valence-electron chi connectivity index (χ1n) is 10.4. The summed E-state index contributed by atoms with van der Waals surface area (Å²) in [5, 5.41) is 2.58. The molecule has 1 amide bonds. The highest BCUT2D eigenvalue weighted by molar-refractivity contribution is 7.92. The van der Waals surface area contributed by atoms with Gasteiger partial charge in [0, 0.05) is 11.3 Å². The number of sulfonamides is 1. The van der Waals surface area contributed by atoms with Crippen molar-refractivity contribution in [1.29, 1.82) is 0 Å². The molecule has 0 atom stereocenters. The number of methoxy groups -OCH3 is 2. The van der Waals surface area contributed by atoms with Crippen LogP contribution in [-0.4, -0.2) is 40.5 Å². The Labute approximate surface area is 203 Å². The van der Waals surface area contributed by atoms with Gasteiger partial charge in [0.15, 0.2) is 0 Å². The molecule has 0 aliphatic rings. The van der Waals surface area contributed by atoms with Crippen LogP contribution in [0.15, 0.2) is 65.6 Å². The molecule has 3 rings (SSSR count). The molecule has 0 radical (unpaired) electrons. The van der Waals surface area contributed by atoms with E-state index in [-0.39, 0.29) is 27.3 Å². The highest BCUT2D eigenvalue weighted by atomic mass is 32.2. The first-order valence-corrected chi connectivity index (χ1v) is 11.9. The zero-order chi connectivity index (χ0) is 25.8. The molecule has 3 aromatic rings. The number of rotatable bonds is 7. The number of carbonyl (C=O) groups is 3. The van der Waals surface area contributed by atoms with Crippen molar-refractivity contribution < 1.29 is 32.3 Å². The van der Waals surface area contributed by atoms with Gasteiger partial charge in [-0.1, -0.05) is 24.3 Å². The van der Waals surface area contributed by atoms with E-state index >= 15 is 0 Å². The molecular weight excluding hydrogens is 472 g/mol. The minimum Gasteiger partial charge on any atom is -0.465 e. The quantitative estimate of drug-likeness (QED) is 0.474. The summed E-state index contributed by atoms with van der Waals surface area (Å²) < 4.78 is 38.1. The van der Waals surface area contributed by atoms with Crippen molar-refractivity contribution in [2.45, 2.75) is 18.7 Å². The van der Waals surface area contributed by atoms with Gasteiger partial charge in [-0.3, -0.25) is 9.52 Å². The number of benzene rings is 3. The summed E-state index contributed by atoms with van der Waals surface area (Å²) in [5.41, 5.74) is 1.86. The van der Waals surface area contributed by atoms with Gasteiger partial charge in [0.2, 0.25) is 0 Å². The monoisotopic (exact) mass is 496 g/mol. The van der Waals surface area contributed by atoms with Gasteiger partial charge in [-0.2, -0.15) is 0 Å². The summed E-state index contributed by atoms with van der Waals surface area (Å²) in [6.07, 6.45) is 0. The van der Waals surface area contributed by atoms with Crippen LogP contribution in [0.3, 0.4) is 0 Å². The summed E-state index contributed by atoms with van der Waals surface area (Å²) in [6, 6.07) is 15.1. The molecule has 182 valence electrons. The minimum atomic E-state index is -3.99. The SMILES string of the molecule is COC(=O)c1cc(NC(=O)c2ccc(C)c(S(=O)(=O)Nc3ccccc3C)c2)cc(C(=O)OC)c1. The summed E-state index contributed by atoms with van der Waals surface area (Å²) in [6.45, 7) is 3.40. The molecule has 0 heterocycles. The molecule has 2 N–H and O–H groups in total. The zero-order valence-electron chi connectivity index (χ0n) is 19.5. The van der Waals surface area contributed by atoms with Gasteiger partial charge < -0.3 is 14.8 Å². The van der Waals surface area contributed by atoms with Crippen LogP contribution in [0.4, 0.5) is 11.4 Å². The van der Waals surface area contributed by atoms with Gasteiger partial charge in [0.25, 0.3) is 15.9 Å². The van der Waals surface area contributed by atoms with E-state index in [1.54, 1.807) is 38.1 Å². The van der Waals surface area contributed by atoms with E-state index in [1.165, 1.54) is 50.6 Å². The highest BCUT2D eigenvalue weighted by Crippen LogP contribution is 2.24. The lowest BCUT2D eigenvalue weighted by Crippen LogP contribution is -2.18. The maximum absolute atomic E-state index is 13.1. The van der Waals surface area contributed by atoms with E-state index in [0.29, 0.717) is 11.3 Å². The van der Waals surface area contributed by atoms with Crippen LogP contribution in [0.5, 0.6) is 0 Å². The Morgan fingerprint density at radius 1 is 0.743 bits per heavy atom. The maximum atomic E-state index is 13.1. The second-order valence-corrected chi connectivity index (χ2v) is 9.29. The number of aryl methyl sites for hydroxylation is 2. The third-order valence-electron chi connectivity index (χ3n) is 5.16. The highest BCUT2D eigenvalue weighted by Gasteiger charge is 2.21. The van der Waals surface area contributed by atoms with E-state index < -0.39 is 27.9 Å². The van der Waals surface area contributed by atoms with Crippen molar-refractivity contribution in [1.82, 2.24) is 0 Å². The predicted molar refractivity (Wildman–Crippen MR) is 130 cm³/mol. The van der Waals surface area contributed by atoms with E-state index in [0.717, 1.165) is 5.56 Å². The lowest BCUT2D eigenvalue weighted by molar-refractivity contribution is 0.0598. The van der Waals surface area contributed by atoms with E-state index in [9.17, 15) is 22.8 Å². The standard InChI is InChI=1S/C25H24N2O7S/c1-15-7-5-6-8-21(15)27-35(31,32)22-14-17(10-9-16(22)2)23(28)26-20-12-18(24(29)33-3)11-19(13-20)25(30)34-4/h5-14,27H,1-4H3,(H,26,28). The Kier molecular flexibility index (Phi) is 7.55. The van der Waals surface area contributed by atoms with Crippen LogP contribution in [0.25, 0.3) is 0 Å². The van der Waals surface area contributed by atoms with Crippen molar-refractivity contribution in [3.05, 3.63) is 88.5 Å². The second kappa shape index (κ2) is 10.4. The van der Waals surface area contributed by atoms with Crippen molar-refractivity contribution in [2.75, 3.05) is 24.3 Å². The van der Waals surface area contributed by atoms with Gasteiger partial charge in [0.05, 0.1) is 35.9 Å². The molecule has 0 aromatic heterocycles. The summed E-state index contributed by atoms with van der Waals surface area (Å²) in [7, 11) is -1.62. The number of amides is 1. The fourth-order valence-corrected chi connectivity index (χ4v) is 4.69. The second-order valence-electron chi connectivity index (χ2n) is 7.64. The fourth-order valence-electron chi connectivity index (χ4n) is 3.29. The van der Waals surface area contributed by atoms with Crippen LogP contribution in [0.1, 0.15) is 42.2 Å². The van der Waals surface area contributed by atoms with Crippen LogP contribution in [0, 0.1) is 13.8 Å². The molecular formula is C25H24N2O7S. The summed E-state index contributed by atoms with van der Waals surface area (Å²) in [4.78, 5) is 36.9. The van der Waals surface area contributed by atoms with Crippen LogP contribution >= 0.6 is 0 Å². The average Bonchev–Trinajstić information content (AvgIpc) is 2.84. The van der Waals surface area contributed by atoms with Crippen LogP contribution < -0.4 is 10.0 Å². The topological polar surface area (TPSA) is 128 Å². The summed E-state index contributed by atoms with van der Waals surface area (Å²) in [5.74, 6) is -2.07. The third kappa shape index (κ3) is 5.85. The van der Waals surface area contributed by atoms with Gasteiger partial charge in [-0.25, -0.2) is 18.0 Å². The number of anilines is 2. The molecule has 3 aromatic carbocycles. The number of hydrogen-bond acceptors (Lipinski definition) is 7. The van der Waals surface area contributed by atoms with Gasteiger partial charge in [0.1, 0.15) is 0 Å². The molecule has 0 saturated heterocycles. The Balaban J connectivity index is 1.94. The van der Waals surface area contributed by atoms with Gasteiger partial charge >= 0.3 is 11.9 Å². The van der Waals surface area contributed by atoms with E-state index in [4.69, 9.17) is 9.47 Å². The Morgan fingerprint density at radius 3 is 1.91 bits per heavy atom. The Morgan fingerprint density at radius 2 is 1.34 bits per heavy atom. The first kappa shape index (κ1) is 25.4. The van der Waals surface area contributed by atoms with E-state index in [1.807, 2.05) is 0 Å². The van der Waals surface area contributed by atoms with E-state index in [2.05, 4.69) is 10.0 Å². The van der Waals surface area contributed by atoms with Gasteiger partial charge in [-0.15, -0.1) is 0 Å². The van der Waals surface area contributed by atoms with Crippen LogP contribution in [0.2, 0.25) is 0 Å². The van der Waals surface area contributed by atoms with Gasteiger partial charge in [-0.05, 0) is 61.4 Å². The number of nitrogens with one attached hydrogen (secondary N) is 2. The summed E-state index contributed by atoms with van der Waals surface area (Å²) >= 11 is 0. The zero-order valence-corrected chi connectivity index (χ0v) is 20.4. The van der Waals surface area contributed by atoms with Crippen LogP contribution in [-0.2, 0) is 19.5 Å². The average molecular weight is 497 g/mol. The Hall–Kier alpha value is -4.18. The number of hydrogen-bond donors (Lipinski definition) is 2. The lowest BCUT2D eigenvalue weighted by atomic mass is 10.1. The molecule has 0 bridgehead atoms. The minimum absolute atomic E-state index is 0.0281.